The minimum absolute atomic E-state index is 0.236. The minimum atomic E-state index is -4.94. The zero-order valence-electron chi connectivity index (χ0n) is 13.4. The van der Waals surface area contributed by atoms with Gasteiger partial charge in [0.1, 0.15) is 5.56 Å². The van der Waals surface area contributed by atoms with Gasteiger partial charge in [-0.25, -0.2) is 4.79 Å². The van der Waals surface area contributed by atoms with Crippen molar-refractivity contribution in [1.82, 2.24) is 5.32 Å². The molecule has 1 aliphatic rings. The number of urea groups is 1. The third kappa shape index (κ3) is 4.83. The Bertz CT molecular complexity index is 715. The quantitative estimate of drug-likeness (QED) is 0.550. The third-order valence-electron chi connectivity index (χ3n) is 4.17. The van der Waals surface area contributed by atoms with Gasteiger partial charge in [0.05, 0.1) is 10.8 Å². The number of nitro groups is 1. The zero-order valence-corrected chi connectivity index (χ0v) is 13.4. The van der Waals surface area contributed by atoms with Gasteiger partial charge < -0.3 is 15.7 Å². The maximum Gasteiger partial charge on any atom is 0.423 e. The van der Waals surface area contributed by atoms with Crippen molar-refractivity contribution in [3.05, 3.63) is 33.9 Å². The van der Waals surface area contributed by atoms with Crippen LogP contribution in [-0.2, 0) is 11.0 Å². The fourth-order valence-electron chi connectivity index (χ4n) is 2.84. The highest BCUT2D eigenvalue weighted by Gasteiger charge is 2.38. The molecule has 8 nitrogen and oxygen atoms in total. The largest absolute Gasteiger partial charge is 0.481 e. The number of rotatable bonds is 4. The molecule has 0 unspecified atom stereocenters. The number of aliphatic carboxylic acids is 1. The maximum atomic E-state index is 12.9. The second-order valence-corrected chi connectivity index (χ2v) is 5.97. The molecule has 3 N–H and O–H groups in total. The van der Waals surface area contributed by atoms with Crippen molar-refractivity contribution in [1.29, 1.82) is 0 Å². The molecular weight excluding hydrogens is 359 g/mol. The number of carboxylic acids is 1. The highest BCUT2D eigenvalue weighted by atomic mass is 19.4. The molecule has 2 amide bonds. The van der Waals surface area contributed by atoms with E-state index in [2.05, 4.69) is 10.6 Å². The van der Waals surface area contributed by atoms with E-state index in [9.17, 15) is 32.9 Å². The first kappa shape index (κ1) is 19.5. The van der Waals surface area contributed by atoms with Crippen LogP contribution in [0.5, 0.6) is 0 Å². The predicted octanol–water partition coefficient (Wildman–Crippen LogP) is 3.38. The van der Waals surface area contributed by atoms with Gasteiger partial charge in [-0.05, 0) is 37.8 Å². The van der Waals surface area contributed by atoms with Crippen LogP contribution in [0.15, 0.2) is 18.2 Å². The average Bonchev–Trinajstić information content (AvgIpc) is 2.54. The molecule has 0 bridgehead atoms. The van der Waals surface area contributed by atoms with Crippen molar-refractivity contribution in [3.8, 4) is 0 Å². The number of hydrogen-bond donors (Lipinski definition) is 3. The number of benzene rings is 1. The van der Waals surface area contributed by atoms with E-state index in [1.54, 1.807) is 0 Å². The molecule has 0 radical (unpaired) electrons. The summed E-state index contributed by atoms with van der Waals surface area (Å²) in [6.45, 7) is 0. The molecule has 26 heavy (non-hydrogen) atoms. The molecule has 0 aromatic heterocycles. The van der Waals surface area contributed by atoms with Crippen LogP contribution in [0.3, 0.4) is 0 Å². The minimum Gasteiger partial charge on any atom is -0.481 e. The van der Waals surface area contributed by atoms with Crippen molar-refractivity contribution in [2.75, 3.05) is 5.32 Å². The molecule has 1 fully saturated rings. The lowest BCUT2D eigenvalue weighted by molar-refractivity contribution is -0.388. The number of carbonyl (C=O) groups excluding carboxylic acids is 1. The van der Waals surface area contributed by atoms with E-state index in [1.807, 2.05) is 0 Å². The van der Waals surface area contributed by atoms with E-state index in [0.29, 0.717) is 37.8 Å². The monoisotopic (exact) mass is 375 g/mol. The van der Waals surface area contributed by atoms with Crippen molar-refractivity contribution in [2.24, 2.45) is 5.92 Å². The summed E-state index contributed by atoms with van der Waals surface area (Å²) in [6, 6.07) is 1.14. The van der Waals surface area contributed by atoms with Crippen LogP contribution in [0.1, 0.15) is 31.2 Å². The van der Waals surface area contributed by atoms with Crippen molar-refractivity contribution in [2.45, 2.75) is 37.9 Å². The topological polar surface area (TPSA) is 122 Å². The van der Waals surface area contributed by atoms with E-state index in [1.165, 1.54) is 0 Å². The Balaban J connectivity index is 2.01. The van der Waals surface area contributed by atoms with Gasteiger partial charge in [-0.1, -0.05) is 0 Å². The molecule has 0 atom stereocenters. The Hall–Kier alpha value is -2.85. The number of nitrogens with one attached hydrogen (secondary N) is 2. The first-order valence-corrected chi connectivity index (χ1v) is 7.74. The van der Waals surface area contributed by atoms with Gasteiger partial charge in [-0.2, -0.15) is 13.2 Å². The van der Waals surface area contributed by atoms with E-state index in [-0.39, 0.29) is 11.7 Å². The van der Waals surface area contributed by atoms with Crippen LogP contribution in [0.2, 0.25) is 0 Å². The summed E-state index contributed by atoms with van der Waals surface area (Å²) in [6.07, 6.45) is -3.26. The Kier molecular flexibility index (Phi) is 5.68. The molecule has 0 spiro atoms. The lowest BCUT2D eigenvalue weighted by Gasteiger charge is -2.26. The lowest BCUT2D eigenvalue weighted by Crippen LogP contribution is -2.41. The Morgan fingerprint density at radius 3 is 2.31 bits per heavy atom. The second-order valence-electron chi connectivity index (χ2n) is 5.97. The Labute approximate surface area is 145 Å². The Morgan fingerprint density at radius 1 is 1.19 bits per heavy atom. The number of alkyl halides is 3. The molecular formula is C15H16F3N3O5. The number of carbonyl (C=O) groups is 2. The summed E-state index contributed by atoms with van der Waals surface area (Å²) in [5, 5.41) is 24.4. The summed E-state index contributed by atoms with van der Waals surface area (Å²) < 4.78 is 38.8. The van der Waals surface area contributed by atoms with Crippen molar-refractivity contribution < 1.29 is 32.8 Å². The second kappa shape index (κ2) is 7.58. The molecule has 0 saturated heterocycles. The summed E-state index contributed by atoms with van der Waals surface area (Å²) in [5.41, 5.74) is -2.79. The van der Waals surface area contributed by atoms with Crippen LogP contribution in [0, 0.1) is 16.0 Å². The zero-order chi connectivity index (χ0) is 19.5. The number of carboxylic acid groups (broad SMARTS) is 1. The summed E-state index contributed by atoms with van der Waals surface area (Å²) in [5.74, 6) is -1.35. The lowest BCUT2D eigenvalue weighted by atomic mass is 9.86. The van der Waals surface area contributed by atoms with E-state index < -0.39 is 40.3 Å². The fraction of sp³-hybridized carbons (Fsp3) is 0.467. The highest BCUT2D eigenvalue weighted by molar-refractivity contribution is 5.89. The SMILES string of the molecule is O=C(Nc1ccc([N+](=O)[O-])c(C(F)(F)F)c1)NC1CCC(C(=O)O)CC1. The Morgan fingerprint density at radius 2 is 1.81 bits per heavy atom. The molecule has 2 rings (SSSR count). The number of nitrogens with zero attached hydrogens (tertiary/aromatic N) is 1. The summed E-state index contributed by atoms with van der Waals surface area (Å²) in [4.78, 5) is 32.4. The number of nitro benzene ring substituents is 1. The van der Waals surface area contributed by atoms with Gasteiger partial charge in [0, 0.05) is 17.8 Å². The van der Waals surface area contributed by atoms with Crippen LogP contribution in [0.25, 0.3) is 0 Å². The molecule has 142 valence electrons. The summed E-state index contributed by atoms with van der Waals surface area (Å²) >= 11 is 0. The molecule has 1 aromatic carbocycles. The summed E-state index contributed by atoms with van der Waals surface area (Å²) in [7, 11) is 0. The first-order chi connectivity index (χ1) is 12.1. The molecule has 1 saturated carbocycles. The van der Waals surface area contributed by atoms with Crippen molar-refractivity contribution >= 4 is 23.4 Å². The standard InChI is InChI=1S/C15H16F3N3O5/c16-15(17,18)11-7-10(5-6-12(11)21(25)26)20-14(24)19-9-3-1-8(2-4-9)13(22)23/h5-9H,1-4H2,(H,22,23)(H2,19,20,24). The third-order valence-corrected chi connectivity index (χ3v) is 4.17. The van der Waals surface area contributed by atoms with Crippen molar-refractivity contribution in [3.63, 3.8) is 0 Å². The average molecular weight is 375 g/mol. The van der Waals surface area contributed by atoms with E-state index in [4.69, 9.17) is 5.11 Å². The number of hydrogen-bond acceptors (Lipinski definition) is 4. The highest BCUT2D eigenvalue weighted by Crippen LogP contribution is 2.37. The molecule has 11 heteroatoms. The maximum absolute atomic E-state index is 12.9. The van der Waals surface area contributed by atoms with Gasteiger partial charge in [0.25, 0.3) is 5.69 Å². The van der Waals surface area contributed by atoms with Crippen LogP contribution >= 0.6 is 0 Å². The van der Waals surface area contributed by atoms with Gasteiger partial charge in [-0.15, -0.1) is 0 Å². The molecule has 0 heterocycles. The number of amides is 2. The number of anilines is 1. The molecule has 0 aliphatic heterocycles. The van der Waals surface area contributed by atoms with Gasteiger partial charge in [-0.3, -0.25) is 14.9 Å². The predicted molar refractivity (Wildman–Crippen MR) is 83.6 cm³/mol. The molecule has 1 aliphatic carbocycles. The normalized spacial score (nSPS) is 20.3. The van der Waals surface area contributed by atoms with Gasteiger partial charge >= 0.3 is 18.2 Å². The van der Waals surface area contributed by atoms with Crippen LogP contribution < -0.4 is 10.6 Å². The van der Waals surface area contributed by atoms with E-state index >= 15 is 0 Å². The van der Waals surface area contributed by atoms with Gasteiger partial charge in [0.2, 0.25) is 0 Å². The fourth-order valence-corrected chi connectivity index (χ4v) is 2.84. The van der Waals surface area contributed by atoms with Gasteiger partial charge in [0.15, 0.2) is 0 Å². The first-order valence-electron chi connectivity index (χ1n) is 7.74. The van der Waals surface area contributed by atoms with E-state index in [0.717, 1.165) is 6.07 Å². The van der Waals surface area contributed by atoms with Crippen LogP contribution in [-0.4, -0.2) is 28.1 Å². The smallest absolute Gasteiger partial charge is 0.423 e. The molecule has 1 aromatic rings. The van der Waals surface area contributed by atoms with Crippen LogP contribution in [0.4, 0.5) is 29.3 Å². The number of halogens is 3.